The second kappa shape index (κ2) is 5.55. The Morgan fingerprint density at radius 1 is 1.65 bits per heavy atom. The van der Waals surface area contributed by atoms with Crippen LogP contribution in [-0.4, -0.2) is 15.5 Å². The van der Waals surface area contributed by atoms with E-state index in [0.717, 1.165) is 0 Å². The number of nitrogens with zero attached hydrogens (tertiary/aromatic N) is 1. The average molecular weight is 234 g/mol. The summed E-state index contributed by atoms with van der Waals surface area (Å²) in [5.41, 5.74) is 5.64. The fourth-order valence-electron chi connectivity index (χ4n) is 1.16. The maximum absolute atomic E-state index is 11.8. The van der Waals surface area contributed by atoms with Gasteiger partial charge in [-0.1, -0.05) is 18.7 Å². The number of hydrogen-bond donors (Lipinski definition) is 3. The number of rotatable bonds is 4. The molecule has 0 atom stereocenters. The number of aromatic amines is 1. The highest BCUT2D eigenvalue weighted by molar-refractivity contribution is 5.93. The van der Waals surface area contributed by atoms with Gasteiger partial charge in [0.1, 0.15) is 5.69 Å². The highest BCUT2D eigenvalue weighted by Gasteiger charge is 2.11. The standard InChI is InChI=1S/C11H14N4O2/c1-3-4-5-8(6-12)14-10(16)9-7-13-11(17)15(9)2/h3-7H,1,12H2,2H3,(H,13,17)(H,14,16)/b5-4-,8-6+. The maximum Gasteiger partial charge on any atom is 0.325 e. The molecule has 0 saturated carbocycles. The smallest absolute Gasteiger partial charge is 0.325 e. The molecule has 0 fully saturated rings. The van der Waals surface area contributed by atoms with E-state index >= 15 is 0 Å². The van der Waals surface area contributed by atoms with Gasteiger partial charge in [0.25, 0.3) is 5.91 Å². The third kappa shape index (κ3) is 2.97. The molecule has 0 aliphatic rings. The minimum absolute atomic E-state index is 0.223. The first kappa shape index (κ1) is 12.6. The zero-order chi connectivity index (χ0) is 12.8. The van der Waals surface area contributed by atoms with Gasteiger partial charge in [0, 0.05) is 19.4 Å². The van der Waals surface area contributed by atoms with Crippen LogP contribution in [0.3, 0.4) is 0 Å². The average Bonchev–Trinajstić information content (AvgIpc) is 2.65. The molecule has 0 saturated heterocycles. The van der Waals surface area contributed by atoms with Gasteiger partial charge in [0.2, 0.25) is 0 Å². The summed E-state index contributed by atoms with van der Waals surface area (Å²) in [5, 5.41) is 2.55. The number of carbonyl (C=O) groups excluding carboxylic acids is 1. The van der Waals surface area contributed by atoms with Crippen LogP contribution in [0.2, 0.25) is 0 Å². The Labute approximate surface area is 98.1 Å². The first-order valence-electron chi connectivity index (χ1n) is 4.87. The molecule has 0 unspecified atom stereocenters. The zero-order valence-electron chi connectivity index (χ0n) is 9.43. The minimum atomic E-state index is -0.420. The first-order valence-corrected chi connectivity index (χ1v) is 4.87. The molecule has 4 N–H and O–H groups in total. The molecule has 0 bridgehead atoms. The second-order valence-corrected chi connectivity index (χ2v) is 3.21. The van der Waals surface area contributed by atoms with Crippen LogP contribution < -0.4 is 16.7 Å². The quantitative estimate of drug-likeness (QED) is 0.639. The van der Waals surface area contributed by atoms with E-state index in [1.165, 1.54) is 24.0 Å². The van der Waals surface area contributed by atoms with Crippen molar-refractivity contribution in [2.24, 2.45) is 12.8 Å². The SMILES string of the molecule is C=C/C=C\C(=C/N)NC(=O)c1c[nH]c(=O)n1C. The predicted octanol–water partition coefficient (Wildman–Crippen LogP) is -0.0145. The Hall–Kier alpha value is -2.50. The lowest BCUT2D eigenvalue weighted by atomic mass is 10.3. The van der Waals surface area contributed by atoms with Crippen molar-refractivity contribution in [2.75, 3.05) is 0 Å². The monoisotopic (exact) mass is 234 g/mol. The van der Waals surface area contributed by atoms with Gasteiger partial charge in [-0.25, -0.2) is 4.79 Å². The van der Waals surface area contributed by atoms with Crippen LogP contribution >= 0.6 is 0 Å². The molecule has 0 aliphatic heterocycles. The summed E-state index contributed by atoms with van der Waals surface area (Å²) in [4.78, 5) is 25.3. The number of amides is 1. The fraction of sp³-hybridized carbons (Fsp3) is 0.0909. The highest BCUT2D eigenvalue weighted by Crippen LogP contribution is 1.96. The van der Waals surface area contributed by atoms with Crippen molar-refractivity contribution in [1.29, 1.82) is 0 Å². The van der Waals surface area contributed by atoms with Gasteiger partial charge in [0.15, 0.2) is 0 Å². The summed E-state index contributed by atoms with van der Waals surface area (Å²) < 4.78 is 1.21. The molecule has 0 spiro atoms. The third-order valence-corrected chi connectivity index (χ3v) is 2.08. The molecule has 90 valence electrons. The fourth-order valence-corrected chi connectivity index (χ4v) is 1.16. The van der Waals surface area contributed by atoms with Gasteiger partial charge >= 0.3 is 5.69 Å². The van der Waals surface area contributed by atoms with Crippen LogP contribution in [-0.2, 0) is 7.05 Å². The van der Waals surface area contributed by atoms with E-state index in [-0.39, 0.29) is 11.4 Å². The Kier molecular flexibility index (Phi) is 4.10. The Morgan fingerprint density at radius 3 is 2.82 bits per heavy atom. The van der Waals surface area contributed by atoms with Crippen molar-refractivity contribution in [3.05, 3.63) is 59.1 Å². The minimum Gasteiger partial charge on any atom is -0.403 e. The number of nitrogens with two attached hydrogens (primary N) is 1. The number of allylic oxidation sites excluding steroid dienone is 3. The van der Waals surface area contributed by atoms with Gasteiger partial charge in [0.05, 0.1) is 5.70 Å². The molecule has 0 aromatic carbocycles. The molecule has 17 heavy (non-hydrogen) atoms. The number of H-pyrrole nitrogens is 1. The molecule has 6 heteroatoms. The van der Waals surface area contributed by atoms with Crippen molar-refractivity contribution < 1.29 is 4.79 Å². The van der Waals surface area contributed by atoms with E-state index in [2.05, 4.69) is 16.9 Å². The molecule has 1 rings (SSSR count). The summed E-state index contributed by atoms with van der Waals surface area (Å²) in [7, 11) is 1.50. The largest absolute Gasteiger partial charge is 0.403 e. The summed E-state index contributed by atoms with van der Waals surface area (Å²) >= 11 is 0. The summed E-state index contributed by atoms with van der Waals surface area (Å²) in [6.45, 7) is 3.50. The van der Waals surface area contributed by atoms with E-state index in [1.54, 1.807) is 18.2 Å². The summed E-state index contributed by atoms with van der Waals surface area (Å²) in [6, 6.07) is 0. The van der Waals surface area contributed by atoms with E-state index in [1.807, 2.05) is 0 Å². The van der Waals surface area contributed by atoms with Gasteiger partial charge in [-0.3, -0.25) is 9.36 Å². The molecule has 1 aromatic heterocycles. The molecule has 1 aromatic rings. The Balaban J connectivity index is 2.86. The van der Waals surface area contributed by atoms with Crippen LogP contribution in [0.4, 0.5) is 0 Å². The van der Waals surface area contributed by atoms with Gasteiger partial charge in [-0.15, -0.1) is 0 Å². The number of carbonyl (C=O) groups is 1. The molecule has 1 heterocycles. The van der Waals surface area contributed by atoms with E-state index in [4.69, 9.17) is 5.73 Å². The molecule has 0 aliphatic carbocycles. The molecule has 1 amide bonds. The topological polar surface area (TPSA) is 92.9 Å². The van der Waals surface area contributed by atoms with E-state index in [0.29, 0.717) is 5.70 Å². The van der Waals surface area contributed by atoms with Crippen LogP contribution in [0.1, 0.15) is 10.5 Å². The van der Waals surface area contributed by atoms with Crippen molar-refractivity contribution in [3.8, 4) is 0 Å². The Bertz CT molecular complexity index is 534. The van der Waals surface area contributed by atoms with Crippen molar-refractivity contribution >= 4 is 5.91 Å². The van der Waals surface area contributed by atoms with Crippen molar-refractivity contribution in [1.82, 2.24) is 14.9 Å². The number of imidazole rings is 1. The molecule has 0 radical (unpaired) electrons. The first-order chi connectivity index (χ1) is 8.10. The maximum atomic E-state index is 11.8. The number of aromatic nitrogens is 2. The second-order valence-electron chi connectivity index (χ2n) is 3.21. The van der Waals surface area contributed by atoms with Gasteiger partial charge < -0.3 is 16.0 Å². The van der Waals surface area contributed by atoms with E-state index < -0.39 is 5.91 Å². The number of nitrogens with one attached hydrogen (secondary N) is 2. The number of hydrogen-bond acceptors (Lipinski definition) is 3. The molecular weight excluding hydrogens is 220 g/mol. The van der Waals surface area contributed by atoms with Gasteiger partial charge in [-0.2, -0.15) is 0 Å². The predicted molar refractivity (Wildman–Crippen MR) is 65.1 cm³/mol. The van der Waals surface area contributed by atoms with Crippen LogP contribution in [0.15, 0.2) is 47.7 Å². The van der Waals surface area contributed by atoms with Crippen LogP contribution in [0.5, 0.6) is 0 Å². The van der Waals surface area contributed by atoms with Crippen LogP contribution in [0, 0.1) is 0 Å². The lowest BCUT2D eigenvalue weighted by molar-refractivity contribution is 0.0958. The van der Waals surface area contributed by atoms with Crippen molar-refractivity contribution in [2.45, 2.75) is 0 Å². The third-order valence-electron chi connectivity index (χ3n) is 2.08. The summed E-state index contributed by atoms with van der Waals surface area (Å²) in [5.74, 6) is -0.420. The van der Waals surface area contributed by atoms with E-state index in [9.17, 15) is 9.59 Å². The summed E-state index contributed by atoms with van der Waals surface area (Å²) in [6.07, 6.45) is 7.37. The molecular formula is C11H14N4O2. The van der Waals surface area contributed by atoms with Gasteiger partial charge in [-0.05, 0) is 6.08 Å². The lowest BCUT2D eigenvalue weighted by Crippen LogP contribution is -2.27. The Morgan fingerprint density at radius 2 is 2.35 bits per heavy atom. The molecule has 6 nitrogen and oxygen atoms in total. The lowest BCUT2D eigenvalue weighted by Gasteiger charge is -2.04. The van der Waals surface area contributed by atoms with Crippen molar-refractivity contribution in [3.63, 3.8) is 0 Å². The van der Waals surface area contributed by atoms with Crippen LogP contribution in [0.25, 0.3) is 0 Å². The normalized spacial score (nSPS) is 11.7. The zero-order valence-corrected chi connectivity index (χ0v) is 9.43. The highest BCUT2D eigenvalue weighted by atomic mass is 16.2.